The molecule has 0 spiro atoms. The van der Waals surface area contributed by atoms with Crippen molar-refractivity contribution in [2.24, 2.45) is 0 Å². The van der Waals surface area contributed by atoms with E-state index >= 15 is 0 Å². The van der Waals surface area contributed by atoms with Gasteiger partial charge in [0.2, 0.25) is 5.91 Å². The molecule has 0 aliphatic rings. The molecule has 2 N–H and O–H groups in total. The average Bonchev–Trinajstić information content (AvgIpc) is 3.48. The number of nitrogens with zero attached hydrogens (tertiary/aromatic N) is 4. The van der Waals surface area contributed by atoms with Gasteiger partial charge in [0.05, 0.1) is 5.56 Å². The molecule has 2 amide bonds. The van der Waals surface area contributed by atoms with Crippen LogP contribution in [0.1, 0.15) is 60.0 Å². The van der Waals surface area contributed by atoms with Crippen LogP contribution in [-0.2, 0) is 4.79 Å². The van der Waals surface area contributed by atoms with Crippen molar-refractivity contribution in [2.75, 3.05) is 10.6 Å². The van der Waals surface area contributed by atoms with Crippen molar-refractivity contribution in [1.29, 1.82) is 0 Å². The lowest BCUT2D eigenvalue weighted by Gasteiger charge is -2.13. The van der Waals surface area contributed by atoms with Gasteiger partial charge < -0.3 is 15.2 Å². The fourth-order valence-corrected chi connectivity index (χ4v) is 4.03. The van der Waals surface area contributed by atoms with E-state index in [1.807, 2.05) is 19.9 Å². The summed E-state index contributed by atoms with van der Waals surface area (Å²) in [7, 11) is 0. The molecule has 4 aromatic rings. The van der Waals surface area contributed by atoms with Gasteiger partial charge in [0.15, 0.2) is 0 Å². The van der Waals surface area contributed by atoms with Gasteiger partial charge in [0, 0.05) is 28.5 Å². The van der Waals surface area contributed by atoms with Crippen LogP contribution in [0.15, 0.2) is 67.3 Å². The molecule has 2 aromatic carbocycles. The van der Waals surface area contributed by atoms with E-state index < -0.39 is 6.04 Å². The number of benzene rings is 2. The summed E-state index contributed by atoms with van der Waals surface area (Å²) in [6.07, 6.45) is 2.89. The fraction of sp³-hybridized carbons (Fsp3) is 0.259. The van der Waals surface area contributed by atoms with Crippen LogP contribution in [0.5, 0.6) is 0 Å². The molecule has 0 fully saturated rings. The van der Waals surface area contributed by atoms with Crippen LogP contribution in [0.2, 0.25) is 0 Å². The minimum absolute atomic E-state index is 0.180. The van der Waals surface area contributed by atoms with E-state index in [9.17, 15) is 9.59 Å². The van der Waals surface area contributed by atoms with Gasteiger partial charge in [-0.1, -0.05) is 26.0 Å². The Morgan fingerprint density at radius 1 is 0.914 bits per heavy atom. The third-order valence-corrected chi connectivity index (χ3v) is 6.09. The minimum Gasteiger partial charge on any atom is -0.324 e. The highest BCUT2D eigenvalue weighted by molar-refractivity contribution is 6.05. The molecule has 0 saturated heterocycles. The van der Waals surface area contributed by atoms with Gasteiger partial charge >= 0.3 is 0 Å². The highest BCUT2D eigenvalue weighted by Crippen LogP contribution is 2.25. The molecule has 180 valence electrons. The Kier molecular flexibility index (Phi) is 6.82. The van der Waals surface area contributed by atoms with E-state index in [1.165, 1.54) is 22.9 Å². The van der Waals surface area contributed by atoms with Crippen molar-refractivity contribution >= 4 is 23.2 Å². The van der Waals surface area contributed by atoms with Crippen LogP contribution in [0, 0.1) is 13.8 Å². The standard InChI is InChI=1S/C27H30N6O2/c1-17(2)21-7-6-8-24(14-21)33-18(3)13-25(19(33)4)27(35)31-23-11-9-22(10-12-23)30-26(34)20(5)32-16-28-15-29-32/h6-17,20H,1-5H3,(H,30,34)(H,31,35)/t20-/m0/s1. The number of carbonyl (C=O) groups excluding carboxylic acids is 2. The monoisotopic (exact) mass is 470 g/mol. The highest BCUT2D eigenvalue weighted by Gasteiger charge is 2.18. The first-order valence-corrected chi connectivity index (χ1v) is 11.6. The van der Waals surface area contributed by atoms with Crippen LogP contribution in [-0.4, -0.2) is 31.1 Å². The molecule has 0 bridgehead atoms. The maximum Gasteiger partial charge on any atom is 0.257 e. The number of carbonyl (C=O) groups is 2. The Morgan fingerprint density at radius 3 is 2.23 bits per heavy atom. The SMILES string of the molecule is Cc1cc(C(=O)Nc2ccc(NC(=O)[C@H](C)n3cncn3)cc2)c(C)n1-c1cccc(C(C)C)c1. The molecule has 0 aliphatic carbocycles. The first-order chi connectivity index (χ1) is 16.7. The van der Waals surface area contributed by atoms with E-state index in [2.05, 4.69) is 63.4 Å². The first-order valence-electron chi connectivity index (χ1n) is 11.6. The van der Waals surface area contributed by atoms with Crippen LogP contribution in [0.25, 0.3) is 5.69 Å². The molecule has 4 rings (SSSR count). The number of amides is 2. The Labute approximate surface area is 205 Å². The largest absolute Gasteiger partial charge is 0.324 e. The number of nitrogens with one attached hydrogen (secondary N) is 2. The van der Waals surface area contributed by atoms with Crippen molar-refractivity contribution in [2.45, 2.75) is 46.6 Å². The van der Waals surface area contributed by atoms with E-state index in [1.54, 1.807) is 31.2 Å². The maximum absolute atomic E-state index is 13.1. The third kappa shape index (κ3) is 5.16. The summed E-state index contributed by atoms with van der Waals surface area (Å²) in [5.74, 6) is 0.0367. The molecule has 0 saturated carbocycles. The summed E-state index contributed by atoms with van der Waals surface area (Å²) in [6, 6.07) is 16.9. The van der Waals surface area contributed by atoms with Crippen molar-refractivity contribution in [3.63, 3.8) is 0 Å². The third-order valence-electron chi connectivity index (χ3n) is 6.09. The van der Waals surface area contributed by atoms with Crippen molar-refractivity contribution in [3.05, 3.63) is 89.8 Å². The Hall–Kier alpha value is -4.20. The number of aromatic nitrogens is 4. The van der Waals surface area contributed by atoms with Crippen LogP contribution in [0.4, 0.5) is 11.4 Å². The van der Waals surface area contributed by atoms with Crippen molar-refractivity contribution < 1.29 is 9.59 Å². The first kappa shape index (κ1) is 23.9. The summed E-state index contributed by atoms with van der Waals surface area (Å²) in [6.45, 7) is 10.0. The highest BCUT2D eigenvalue weighted by atomic mass is 16.2. The van der Waals surface area contributed by atoms with E-state index in [0.717, 1.165) is 17.1 Å². The predicted octanol–water partition coefficient (Wildman–Crippen LogP) is 5.26. The molecule has 0 unspecified atom stereocenters. The lowest BCUT2D eigenvalue weighted by Crippen LogP contribution is -2.24. The van der Waals surface area contributed by atoms with Gasteiger partial charge in [-0.25, -0.2) is 9.67 Å². The number of anilines is 2. The van der Waals surface area contributed by atoms with Gasteiger partial charge in [-0.3, -0.25) is 9.59 Å². The zero-order valence-electron chi connectivity index (χ0n) is 20.6. The van der Waals surface area contributed by atoms with Crippen molar-refractivity contribution in [1.82, 2.24) is 19.3 Å². The zero-order valence-corrected chi connectivity index (χ0v) is 20.6. The summed E-state index contributed by atoms with van der Waals surface area (Å²) < 4.78 is 3.59. The van der Waals surface area contributed by atoms with Crippen LogP contribution in [0.3, 0.4) is 0 Å². The lowest BCUT2D eigenvalue weighted by molar-refractivity contribution is -0.119. The second kappa shape index (κ2) is 9.97. The second-order valence-electron chi connectivity index (χ2n) is 8.94. The Bertz CT molecular complexity index is 1340. The molecule has 2 heterocycles. The maximum atomic E-state index is 13.1. The Morgan fingerprint density at radius 2 is 1.60 bits per heavy atom. The van der Waals surface area contributed by atoms with Crippen LogP contribution < -0.4 is 10.6 Å². The minimum atomic E-state index is -0.492. The summed E-state index contributed by atoms with van der Waals surface area (Å²) in [5, 5.41) is 9.80. The topological polar surface area (TPSA) is 93.8 Å². The van der Waals surface area contributed by atoms with E-state index in [0.29, 0.717) is 22.9 Å². The molecule has 8 nitrogen and oxygen atoms in total. The molecule has 8 heteroatoms. The molecule has 0 aliphatic heterocycles. The number of rotatable bonds is 7. The molecule has 2 aromatic heterocycles. The van der Waals surface area contributed by atoms with Gasteiger partial charge in [-0.2, -0.15) is 5.10 Å². The van der Waals surface area contributed by atoms with E-state index in [4.69, 9.17) is 0 Å². The molecule has 0 radical (unpaired) electrons. The van der Waals surface area contributed by atoms with Gasteiger partial charge in [0.1, 0.15) is 18.7 Å². The quantitative estimate of drug-likeness (QED) is 0.385. The summed E-state index contributed by atoms with van der Waals surface area (Å²) in [5.41, 5.74) is 6.07. The lowest BCUT2D eigenvalue weighted by atomic mass is 10.0. The molecule has 35 heavy (non-hydrogen) atoms. The Balaban J connectivity index is 1.46. The van der Waals surface area contributed by atoms with Gasteiger partial charge in [0.25, 0.3) is 5.91 Å². The normalized spacial score (nSPS) is 11.9. The number of hydrogen-bond donors (Lipinski definition) is 2. The van der Waals surface area contributed by atoms with Gasteiger partial charge in [-0.15, -0.1) is 0 Å². The zero-order chi connectivity index (χ0) is 25.1. The summed E-state index contributed by atoms with van der Waals surface area (Å²) >= 11 is 0. The smallest absolute Gasteiger partial charge is 0.257 e. The van der Waals surface area contributed by atoms with Crippen molar-refractivity contribution in [3.8, 4) is 5.69 Å². The number of aryl methyl sites for hydroxylation is 1. The molecule has 1 atom stereocenters. The number of hydrogen-bond acceptors (Lipinski definition) is 4. The van der Waals surface area contributed by atoms with E-state index in [-0.39, 0.29) is 11.8 Å². The fourth-order valence-electron chi connectivity index (χ4n) is 4.03. The second-order valence-corrected chi connectivity index (χ2v) is 8.94. The average molecular weight is 471 g/mol. The van der Waals surface area contributed by atoms with Crippen LogP contribution >= 0.6 is 0 Å². The molecular formula is C27H30N6O2. The van der Waals surface area contributed by atoms with Gasteiger partial charge in [-0.05, 0) is 74.7 Å². The summed E-state index contributed by atoms with van der Waals surface area (Å²) in [4.78, 5) is 29.4. The predicted molar refractivity (Wildman–Crippen MR) is 137 cm³/mol. The molecular weight excluding hydrogens is 440 g/mol.